The number of halogens is 2. The van der Waals surface area contributed by atoms with Gasteiger partial charge in [-0.1, -0.05) is 61.9 Å². The van der Waals surface area contributed by atoms with Gasteiger partial charge in [-0.25, -0.2) is 0 Å². The summed E-state index contributed by atoms with van der Waals surface area (Å²) >= 11 is 12.6. The van der Waals surface area contributed by atoms with E-state index in [4.69, 9.17) is 23.2 Å². The third-order valence-electron chi connectivity index (χ3n) is 5.85. The van der Waals surface area contributed by atoms with Crippen molar-refractivity contribution in [2.24, 2.45) is 11.8 Å². The third kappa shape index (κ3) is 4.80. The lowest BCUT2D eigenvalue weighted by molar-refractivity contribution is 0.223. The van der Waals surface area contributed by atoms with Gasteiger partial charge in [-0.2, -0.15) is 0 Å². The first-order valence-electron chi connectivity index (χ1n) is 9.55. The minimum atomic E-state index is 0.654. The van der Waals surface area contributed by atoms with Gasteiger partial charge in [-0.3, -0.25) is 0 Å². The van der Waals surface area contributed by atoms with Gasteiger partial charge in [0.2, 0.25) is 0 Å². The molecule has 1 aliphatic carbocycles. The smallest absolute Gasteiger partial charge is 0.0825 e. The van der Waals surface area contributed by atoms with Crippen molar-refractivity contribution in [1.82, 2.24) is 4.90 Å². The molecule has 0 atom stereocenters. The molecule has 1 aromatic carbocycles. The summed E-state index contributed by atoms with van der Waals surface area (Å²) in [7, 11) is 0. The predicted octanol–water partition coefficient (Wildman–Crippen LogP) is 5.72. The number of nitrogens with zero attached hydrogens (tertiary/aromatic N) is 2. The first-order valence-corrected chi connectivity index (χ1v) is 10.3. The molecule has 4 heteroatoms. The molecule has 0 N–H and O–H groups in total. The molecule has 0 aromatic heterocycles. The second-order valence-electron chi connectivity index (χ2n) is 7.67. The van der Waals surface area contributed by atoms with E-state index in [2.05, 4.69) is 22.8 Å². The van der Waals surface area contributed by atoms with Gasteiger partial charge in [0.1, 0.15) is 0 Å². The Kier molecular flexibility index (Phi) is 6.71. The lowest BCUT2D eigenvalue weighted by Gasteiger charge is -2.29. The molecule has 0 amide bonds. The molecule has 0 unspecified atom stereocenters. The zero-order valence-electron chi connectivity index (χ0n) is 14.8. The van der Waals surface area contributed by atoms with Gasteiger partial charge in [0.05, 0.1) is 15.7 Å². The summed E-state index contributed by atoms with van der Waals surface area (Å²) in [6.45, 7) is 8.11. The molecule has 2 aliphatic rings. The zero-order chi connectivity index (χ0) is 16.9. The first-order chi connectivity index (χ1) is 11.6. The highest BCUT2D eigenvalue weighted by Gasteiger charge is 2.21. The van der Waals surface area contributed by atoms with Crippen molar-refractivity contribution in [3.63, 3.8) is 0 Å². The number of rotatable bonds is 4. The van der Waals surface area contributed by atoms with Crippen LogP contribution >= 0.6 is 23.2 Å². The van der Waals surface area contributed by atoms with Crippen molar-refractivity contribution < 1.29 is 0 Å². The average Bonchev–Trinajstić information content (AvgIpc) is 2.82. The van der Waals surface area contributed by atoms with Crippen molar-refractivity contribution in [2.45, 2.75) is 45.4 Å². The van der Waals surface area contributed by atoms with E-state index in [0.717, 1.165) is 37.2 Å². The van der Waals surface area contributed by atoms with E-state index in [0.29, 0.717) is 10.0 Å². The Labute approximate surface area is 157 Å². The summed E-state index contributed by atoms with van der Waals surface area (Å²) in [6.07, 6.45) is 8.34. The topological polar surface area (TPSA) is 6.48 Å². The average molecular weight is 369 g/mol. The van der Waals surface area contributed by atoms with Gasteiger partial charge in [0.15, 0.2) is 0 Å². The molecule has 0 bridgehead atoms. The van der Waals surface area contributed by atoms with Crippen LogP contribution in [0.3, 0.4) is 0 Å². The molecule has 24 heavy (non-hydrogen) atoms. The van der Waals surface area contributed by atoms with E-state index in [1.165, 1.54) is 51.6 Å². The fourth-order valence-electron chi connectivity index (χ4n) is 4.16. The molecule has 2 fully saturated rings. The van der Waals surface area contributed by atoms with Gasteiger partial charge < -0.3 is 9.80 Å². The van der Waals surface area contributed by atoms with E-state index in [-0.39, 0.29) is 0 Å². The molecule has 0 radical (unpaired) electrons. The minimum absolute atomic E-state index is 0.654. The molecule has 1 aromatic rings. The lowest BCUT2D eigenvalue weighted by atomic mass is 9.81. The second kappa shape index (κ2) is 8.78. The lowest BCUT2D eigenvalue weighted by Crippen LogP contribution is -2.32. The monoisotopic (exact) mass is 368 g/mol. The second-order valence-corrected chi connectivity index (χ2v) is 8.45. The van der Waals surface area contributed by atoms with Crippen molar-refractivity contribution in [3.05, 3.63) is 28.2 Å². The van der Waals surface area contributed by atoms with Crippen LogP contribution in [0, 0.1) is 11.8 Å². The Hall–Kier alpha value is -0.440. The number of hydrogen-bond donors (Lipinski definition) is 0. The van der Waals surface area contributed by atoms with Gasteiger partial charge in [-0.15, -0.1) is 0 Å². The summed E-state index contributed by atoms with van der Waals surface area (Å²) < 4.78 is 0. The van der Waals surface area contributed by atoms with Crippen LogP contribution < -0.4 is 4.90 Å². The molecule has 2 nitrogen and oxygen atoms in total. The number of benzene rings is 1. The van der Waals surface area contributed by atoms with Gasteiger partial charge in [0.25, 0.3) is 0 Å². The fourth-order valence-corrected chi connectivity index (χ4v) is 4.57. The maximum Gasteiger partial charge on any atom is 0.0825 e. The predicted molar refractivity (Wildman–Crippen MR) is 105 cm³/mol. The van der Waals surface area contributed by atoms with Crippen LogP contribution in [-0.2, 0) is 0 Å². The normalized spacial score (nSPS) is 26.4. The quantitative estimate of drug-likeness (QED) is 0.670. The van der Waals surface area contributed by atoms with Crippen molar-refractivity contribution in [1.29, 1.82) is 0 Å². The van der Waals surface area contributed by atoms with Gasteiger partial charge in [0, 0.05) is 19.6 Å². The number of anilines is 1. The van der Waals surface area contributed by atoms with E-state index in [9.17, 15) is 0 Å². The van der Waals surface area contributed by atoms with Gasteiger partial charge in [-0.05, 0) is 49.9 Å². The molecule has 1 heterocycles. The van der Waals surface area contributed by atoms with Crippen LogP contribution in [0.25, 0.3) is 0 Å². The molecule has 1 saturated heterocycles. The SMILES string of the molecule is CC1CCC(CCN2CCCN(c3cccc(Cl)c3Cl)CC2)CC1. The highest BCUT2D eigenvalue weighted by molar-refractivity contribution is 6.43. The van der Waals surface area contributed by atoms with Crippen LogP contribution in [-0.4, -0.2) is 37.6 Å². The largest absolute Gasteiger partial charge is 0.369 e. The summed E-state index contributed by atoms with van der Waals surface area (Å²) in [5, 5.41) is 1.35. The van der Waals surface area contributed by atoms with E-state index >= 15 is 0 Å². The molecule has 0 spiro atoms. The maximum atomic E-state index is 6.40. The molecule has 1 aliphatic heterocycles. The number of hydrogen-bond acceptors (Lipinski definition) is 2. The van der Waals surface area contributed by atoms with Crippen LogP contribution in [0.5, 0.6) is 0 Å². The summed E-state index contributed by atoms with van der Waals surface area (Å²) in [5.74, 6) is 1.92. The molecule has 1 saturated carbocycles. The minimum Gasteiger partial charge on any atom is -0.369 e. The van der Waals surface area contributed by atoms with Crippen molar-refractivity contribution in [2.75, 3.05) is 37.6 Å². The molecular formula is C20H30Cl2N2. The van der Waals surface area contributed by atoms with Crippen molar-refractivity contribution >= 4 is 28.9 Å². The fraction of sp³-hybridized carbons (Fsp3) is 0.700. The third-order valence-corrected chi connectivity index (χ3v) is 6.66. The Morgan fingerprint density at radius 2 is 1.79 bits per heavy atom. The molecular weight excluding hydrogens is 339 g/mol. The highest BCUT2D eigenvalue weighted by Crippen LogP contribution is 2.33. The van der Waals surface area contributed by atoms with Gasteiger partial charge >= 0.3 is 0 Å². The standard InChI is InChI=1S/C20H30Cl2N2/c1-16-6-8-17(9-7-16)10-13-23-11-3-12-24(15-14-23)19-5-2-4-18(21)20(19)22/h2,4-5,16-17H,3,6-15H2,1H3. The maximum absolute atomic E-state index is 6.40. The van der Waals surface area contributed by atoms with Crippen LogP contribution in [0.15, 0.2) is 18.2 Å². The zero-order valence-corrected chi connectivity index (χ0v) is 16.3. The summed E-state index contributed by atoms with van der Waals surface area (Å²) in [6, 6.07) is 5.95. The van der Waals surface area contributed by atoms with Crippen molar-refractivity contribution in [3.8, 4) is 0 Å². The van der Waals surface area contributed by atoms with E-state index < -0.39 is 0 Å². The Morgan fingerprint density at radius 3 is 2.58 bits per heavy atom. The highest BCUT2D eigenvalue weighted by atomic mass is 35.5. The Morgan fingerprint density at radius 1 is 1.00 bits per heavy atom. The Balaban J connectivity index is 1.49. The van der Waals surface area contributed by atoms with Crippen LogP contribution in [0.1, 0.15) is 45.4 Å². The van der Waals surface area contributed by atoms with Crippen LogP contribution in [0.2, 0.25) is 10.0 Å². The summed E-state index contributed by atoms with van der Waals surface area (Å²) in [5.41, 5.74) is 1.09. The molecule has 134 valence electrons. The summed E-state index contributed by atoms with van der Waals surface area (Å²) in [4.78, 5) is 5.05. The van der Waals surface area contributed by atoms with E-state index in [1.807, 2.05) is 12.1 Å². The molecule has 3 rings (SSSR count). The van der Waals surface area contributed by atoms with Crippen LogP contribution in [0.4, 0.5) is 5.69 Å². The Bertz CT molecular complexity index is 526. The van der Waals surface area contributed by atoms with E-state index in [1.54, 1.807) is 0 Å². The first kappa shape index (κ1) is 18.4.